The fourth-order valence-corrected chi connectivity index (χ4v) is 1.82. The van der Waals surface area contributed by atoms with Gasteiger partial charge in [0.1, 0.15) is 0 Å². The molecular weight excluding hydrogens is 274 g/mol. The lowest BCUT2D eigenvalue weighted by molar-refractivity contribution is -0.121. The maximum Gasteiger partial charge on any atom is 0.220 e. The molecule has 112 valence electrons. The molecule has 0 spiro atoms. The summed E-state index contributed by atoms with van der Waals surface area (Å²) < 4.78 is 10.4. The van der Waals surface area contributed by atoms with Crippen LogP contribution in [-0.4, -0.2) is 40.8 Å². The maximum atomic E-state index is 11.7. The van der Waals surface area contributed by atoms with E-state index in [1.807, 2.05) is 18.2 Å². The summed E-state index contributed by atoms with van der Waals surface area (Å²) in [5.74, 6) is 1.70. The number of carbonyl (C=O) groups is 1. The second kappa shape index (κ2) is 7.22. The topological polar surface area (TPSA) is 102 Å². The molecule has 2 rings (SSSR count). The molecule has 1 aromatic carbocycles. The van der Waals surface area contributed by atoms with Crippen molar-refractivity contribution in [1.82, 2.24) is 25.9 Å². The van der Waals surface area contributed by atoms with E-state index in [0.29, 0.717) is 30.2 Å². The average Bonchev–Trinajstić information content (AvgIpc) is 3.04. The predicted molar refractivity (Wildman–Crippen MR) is 73.9 cm³/mol. The van der Waals surface area contributed by atoms with Gasteiger partial charge in [-0.15, -0.1) is 10.2 Å². The van der Waals surface area contributed by atoms with Crippen molar-refractivity contribution in [1.29, 1.82) is 0 Å². The van der Waals surface area contributed by atoms with Crippen LogP contribution in [0, 0.1) is 0 Å². The van der Waals surface area contributed by atoms with E-state index in [2.05, 4.69) is 25.9 Å². The highest BCUT2D eigenvalue weighted by Gasteiger charge is 2.07. The van der Waals surface area contributed by atoms with Crippen molar-refractivity contribution in [2.24, 2.45) is 0 Å². The number of aryl methyl sites for hydroxylation is 1. The largest absolute Gasteiger partial charge is 0.493 e. The molecule has 1 heterocycles. The number of nitrogens with zero attached hydrogens (tertiary/aromatic N) is 3. The summed E-state index contributed by atoms with van der Waals surface area (Å²) >= 11 is 0. The minimum Gasteiger partial charge on any atom is -0.493 e. The third kappa shape index (κ3) is 4.16. The first-order valence-corrected chi connectivity index (χ1v) is 6.43. The summed E-state index contributed by atoms with van der Waals surface area (Å²) in [7, 11) is 3.17. The van der Waals surface area contributed by atoms with E-state index in [0.717, 1.165) is 5.56 Å². The number of amides is 1. The summed E-state index contributed by atoms with van der Waals surface area (Å²) in [6, 6.07) is 5.60. The van der Waals surface area contributed by atoms with Crippen molar-refractivity contribution >= 4 is 5.91 Å². The number of H-pyrrole nitrogens is 1. The first-order chi connectivity index (χ1) is 10.2. The maximum absolute atomic E-state index is 11.7. The zero-order valence-electron chi connectivity index (χ0n) is 11.9. The second-order valence-electron chi connectivity index (χ2n) is 4.29. The van der Waals surface area contributed by atoms with Crippen LogP contribution in [0.1, 0.15) is 17.8 Å². The van der Waals surface area contributed by atoms with Crippen molar-refractivity contribution in [3.63, 3.8) is 0 Å². The van der Waals surface area contributed by atoms with Gasteiger partial charge in [0, 0.05) is 6.42 Å². The molecule has 0 saturated carbocycles. The van der Waals surface area contributed by atoms with Crippen LogP contribution in [0.3, 0.4) is 0 Å². The number of hydrogen-bond acceptors (Lipinski definition) is 6. The van der Waals surface area contributed by atoms with Crippen LogP contribution in [0.4, 0.5) is 0 Å². The number of rotatable bonds is 7. The van der Waals surface area contributed by atoms with Gasteiger partial charge >= 0.3 is 0 Å². The highest BCUT2D eigenvalue weighted by Crippen LogP contribution is 2.27. The minimum atomic E-state index is -0.0745. The van der Waals surface area contributed by atoms with Crippen molar-refractivity contribution in [3.8, 4) is 11.5 Å². The summed E-state index contributed by atoms with van der Waals surface area (Å²) in [5.41, 5.74) is 1.00. The number of nitrogens with one attached hydrogen (secondary N) is 2. The number of hydrogen-bond donors (Lipinski definition) is 2. The molecule has 0 saturated heterocycles. The van der Waals surface area contributed by atoms with Gasteiger partial charge in [-0.3, -0.25) is 4.79 Å². The molecule has 8 nitrogen and oxygen atoms in total. The number of aromatic amines is 1. The predicted octanol–water partition coefficient (Wildman–Crippen LogP) is 0.466. The van der Waals surface area contributed by atoms with E-state index in [-0.39, 0.29) is 12.5 Å². The van der Waals surface area contributed by atoms with Crippen LogP contribution >= 0.6 is 0 Å². The van der Waals surface area contributed by atoms with Crippen LogP contribution < -0.4 is 14.8 Å². The zero-order chi connectivity index (χ0) is 15.1. The minimum absolute atomic E-state index is 0.0745. The molecule has 1 aromatic heterocycles. The lowest BCUT2D eigenvalue weighted by atomic mass is 10.1. The molecule has 1 amide bonds. The summed E-state index contributed by atoms with van der Waals surface area (Å²) in [6.45, 7) is 0.265. The SMILES string of the molecule is COc1ccc(CCC(=O)NCc2nn[nH]n2)cc1OC. The molecular formula is C13H17N5O3. The molecule has 0 aliphatic carbocycles. The second-order valence-corrected chi connectivity index (χ2v) is 4.29. The third-order valence-electron chi connectivity index (χ3n) is 2.92. The lowest BCUT2D eigenvalue weighted by Crippen LogP contribution is -2.23. The van der Waals surface area contributed by atoms with Crippen molar-refractivity contribution in [2.45, 2.75) is 19.4 Å². The lowest BCUT2D eigenvalue weighted by Gasteiger charge is -2.09. The Balaban J connectivity index is 1.83. The molecule has 2 N–H and O–H groups in total. The number of ether oxygens (including phenoxy) is 2. The van der Waals surface area contributed by atoms with Crippen molar-refractivity contribution in [2.75, 3.05) is 14.2 Å². The Bertz CT molecular complexity index is 585. The molecule has 0 unspecified atom stereocenters. The molecule has 0 atom stereocenters. The van der Waals surface area contributed by atoms with Gasteiger partial charge < -0.3 is 14.8 Å². The smallest absolute Gasteiger partial charge is 0.220 e. The van der Waals surface area contributed by atoms with Gasteiger partial charge in [0.2, 0.25) is 5.91 Å². The molecule has 8 heteroatoms. The monoisotopic (exact) mass is 291 g/mol. The Morgan fingerprint density at radius 3 is 2.76 bits per heavy atom. The Morgan fingerprint density at radius 1 is 1.29 bits per heavy atom. The Labute approximate surface area is 121 Å². The molecule has 0 bridgehead atoms. The summed E-state index contributed by atoms with van der Waals surface area (Å²) in [5, 5.41) is 16.0. The van der Waals surface area contributed by atoms with Gasteiger partial charge in [-0.25, -0.2) is 0 Å². The Morgan fingerprint density at radius 2 is 2.10 bits per heavy atom. The summed E-state index contributed by atoms with van der Waals surface area (Å²) in [6.07, 6.45) is 0.978. The Hall–Kier alpha value is -2.64. The first kappa shape index (κ1) is 14.8. The first-order valence-electron chi connectivity index (χ1n) is 6.43. The highest BCUT2D eigenvalue weighted by atomic mass is 16.5. The number of aromatic nitrogens is 4. The molecule has 0 aliphatic rings. The standard InChI is InChI=1S/C13H17N5O3/c1-20-10-5-3-9(7-11(10)21-2)4-6-13(19)14-8-12-15-17-18-16-12/h3,5,7H,4,6,8H2,1-2H3,(H,14,19)(H,15,16,17,18). The Kier molecular flexibility index (Phi) is 5.08. The van der Waals surface area contributed by atoms with Crippen molar-refractivity contribution in [3.05, 3.63) is 29.6 Å². The van der Waals surface area contributed by atoms with Crippen LogP contribution in [0.5, 0.6) is 11.5 Å². The molecule has 2 aromatic rings. The van der Waals surface area contributed by atoms with Crippen LogP contribution in [-0.2, 0) is 17.8 Å². The fraction of sp³-hybridized carbons (Fsp3) is 0.385. The highest BCUT2D eigenvalue weighted by molar-refractivity contribution is 5.76. The molecule has 0 radical (unpaired) electrons. The summed E-state index contributed by atoms with van der Waals surface area (Å²) in [4.78, 5) is 11.7. The van der Waals surface area contributed by atoms with Gasteiger partial charge in [-0.2, -0.15) is 5.21 Å². The van der Waals surface area contributed by atoms with E-state index in [4.69, 9.17) is 9.47 Å². The quantitative estimate of drug-likeness (QED) is 0.768. The van der Waals surface area contributed by atoms with Gasteiger partial charge in [0.15, 0.2) is 17.3 Å². The normalized spacial score (nSPS) is 10.2. The number of carbonyl (C=O) groups excluding carboxylic acids is 1. The fourth-order valence-electron chi connectivity index (χ4n) is 1.82. The number of tetrazole rings is 1. The van der Waals surface area contributed by atoms with E-state index in [9.17, 15) is 4.79 Å². The van der Waals surface area contributed by atoms with Gasteiger partial charge in [0.05, 0.1) is 20.8 Å². The average molecular weight is 291 g/mol. The van der Waals surface area contributed by atoms with Crippen molar-refractivity contribution < 1.29 is 14.3 Å². The zero-order valence-corrected chi connectivity index (χ0v) is 11.9. The van der Waals surface area contributed by atoms with E-state index in [1.165, 1.54) is 0 Å². The third-order valence-corrected chi connectivity index (χ3v) is 2.92. The molecule has 21 heavy (non-hydrogen) atoms. The van der Waals surface area contributed by atoms with E-state index >= 15 is 0 Å². The number of benzene rings is 1. The van der Waals surface area contributed by atoms with Crippen LogP contribution in [0.25, 0.3) is 0 Å². The van der Waals surface area contributed by atoms with Gasteiger partial charge in [-0.05, 0) is 24.1 Å². The van der Waals surface area contributed by atoms with Crippen LogP contribution in [0.2, 0.25) is 0 Å². The van der Waals surface area contributed by atoms with Crippen LogP contribution in [0.15, 0.2) is 18.2 Å². The van der Waals surface area contributed by atoms with Gasteiger partial charge in [-0.1, -0.05) is 11.3 Å². The van der Waals surface area contributed by atoms with Gasteiger partial charge in [0.25, 0.3) is 0 Å². The number of methoxy groups -OCH3 is 2. The molecule has 0 aliphatic heterocycles. The van der Waals surface area contributed by atoms with E-state index in [1.54, 1.807) is 14.2 Å². The molecule has 0 fully saturated rings. The van der Waals surface area contributed by atoms with E-state index < -0.39 is 0 Å².